The highest BCUT2D eigenvalue weighted by Crippen LogP contribution is 2.27. The Morgan fingerprint density at radius 3 is 2.73 bits per heavy atom. The summed E-state index contributed by atoms with van der Waals surface area (Å²) in [6.45, 7) is 0. The van der Waals surface area contributed by atoms with E-state index in [1.807, 2.05) is 18.4 Å². The zero-order chi connectivity index (χ0) is 11.3. The largest absolute Gasteiger partial charge is 0.507 e. The molecule has 1 aromatic carbocycles. The lowest BCUT2D eigenvalue weighted by Crippen LogP contribution is -1.95. The van der Waals surface area contributed by atoms with E-state index in [1.165, 1.54) is 11.8 Å². The molecule has 0 unspecified atom stereocenters. The Balaban J connectivity index is 2.55. The first kappa shape index (κ1) is 11.9. The molecular formula is C11H14O3S. The van der Waals surface area contributed by atoms with E-state index in [-0.39, 0.29) is 12.2 Å². The van der Waals surface area contributed by atoms with Crippen LogP contribution >= 0.6 is 11.8 Å². The highest BCUT2D eigenvalue weighted by Gasteiger charge is 2.02. The molecule has 0 amide bonds. The molecule has 0 aliphatic heterocycles. The second kappa shape index (κ2) is 5.66. The van der Waals surface area contributed by atoms with Gasteiger partial charge in [0.25, 0.3) is 0 Å². The van der Waals surface area contributed by atoms with E-state index in [0.29, 0.717) is 12.8 Å². The summed E-state index contributed by atoms with van der Waals surface area (Å²) in [5.41, 5.74) is 0.978. The molecule has 0 aliphatic rings. The van der Waals surface area contributed by atoms with Gasteiger partial charge >= 0.3 is 5.97 Å². The average molecular weight is 226 g/mol. The van der Waals surface area contributed by atoms with E-state index in [2.05, 4.69) is 0 Å². The summed E-state index contributed by atoms with van der Waals surface area (Å²) in [6.07, 6.45) is 3.37. The molecule has 0 aliphatic carbocycles. The predicted octanol–water partition coefficient (Wildman–Crippen LogP) is 2.52. The maximum atomic E-state index is 10.3. The summed E-state index contributed by atoms with van der Waals surface area (Å²) in [7, 11) is 0. The minimum absolute atomic E-state index is 0.172. The van der Waals surface area contributed by atoms with E-state index in [9.17, 15) is 9.90 Å². The van der Waals surface area contributed by atoms with Crippen LogP contribution in [-0.2, 0) is 11.2 Å². The summed E-state index contributed by atoms with van der Waals surface area (Å²) in [6, 6.07) is 5.48. The summed E-state index contributed by atoms with van der Waals surface area (Å²) >= 11 is 1.49. The molecule has 3 nitrogen and oxygen atoms in total. The van der Waals surface area contributed by atoms with Gasteiger partial charge in [0.2, 0.25) is 0 Å². The molecule has 0 spiro atoms. The fraction of sp³-hybridized carbons (Fsp3) is 0.364. The molecule has 0 bridgehead atoms. The minimum atomic E-state index is -0.778. The summed E-state index contributed by atoms with van der Waals surface area (Å²) in [5, 5.41) is 18.0. The Morgan fingerprint density at radius 1 is 1.47 bits per heavy atom. The van der Waals surface area contributed by atoms with E-state index in [4.69, 9.17) is 5.11 Å². The van der Waals surface area contributed by atoms with Crippen LogP contribution in [-0.4, -0.2) is 22.4 Å². The van der Waals surface area contributed by atoms with Crippen molar-refractivity contribution in [2.45, 2.75) is 24.2 Å². The van der Waals surface area contributed by atoms with Crippen molar-refractivity contribution in [1.29, 1.82) is 0 Å². The molecule has 0 atom stereocenters. The first-order valence-electron chi connectivity index (χ1n) is 4.71. The number of aliphatic carboxylic acids is 1. The van der Waals surface area contributed by atoms with Crippen molar-refractivity contribution in [3.05, 3.63) is 23.8 Å². The summed E-state index contributed by atoms with van der Waals surface area (Å²) in [4.78, 5) is 11.1. The van der Waals surface area contributed by atoms with E-state index in [1.54, 1.807) is 6.07 Å². The van der Waals surface area contributed by atoms with Crippen LogP contribution in [0.3, 0.4) is 0 Å². The lowest BCUT2D eigenvalue weighted by atomic mass is 10.1. The quantitative estimate of drug-likeness (QED) is 0.757. The van der Waals surface area contributed by atoms with Gasteiger partial charge < -0.3 is 10.2 Å². The molecule has 0 heterocycles. The standard InChI is InChI=1S/C11H14O3S/c1-15-10-6-5-8(7-9(10)12)3-2-4-11(13)14/h5-7,12H,2-4H2,1H3,(H,13,14). The zero-order valence-electron chi connectivity index (χ0n) is 8.56. The Bertz CT molecular complexity index is 350. The molecule has 4 heteroatoms. The van der Waals surface area contributed by atoms with Crippen molar-refractivity contribution in [3.63, 3.8) is 0 Å². The molecule has 1 rings (SSSR count). The number of benzene rings is 1. The molecule has 0 saturated carbocycles. The lowest BCUT2D eigenvalue weighted by molar-refractivity contribution is -0.137. The van der Waals surface area contributed by atoms with Crippen molar-refractivity contribution >= 4 is 17.7 Å². The summed E-state index contributed by atoms with van der Waals surface area (Å²) in [5.74, 6) is -0.504. The monoisotopic (exact) mass is 226 g/mol. The number of aryl methyl sites for hydroxylation is 1. The van der Waals surface area contributed by atoms with Crippen molar-refractivity contribution in [2.24, 2.45) is 0 Å². The predicted molar refractivity (Wildman–Crippen MR) is 60.5 cm³/mol. The van der Waals surface area contributed by atoms with Crippen LogP contribution in [0.15, 0.2) is 23.1 Å². The van der Waals surface area contributed by atoms with Gasteiger partial charge in [-0.1, -0.05) is 6.07 Å². The number of hydrogen-bond donors (Lipinski definition) is 2. The average Bonchev–Trinajstić information content (AvgIpc) is 2.17. The Morgan fingerprint density at radius 2 is 2.20 bits per heavy atom. The number of aromatic hydroxyl groups is 1. The normalized spacial score (nSPS) is 10.2. The maximum Gasteiger partial charge on any atom is 0.303 e. The van der Waals surface area contributed by atoms with Gasteiger partial charge in [-0.05, 0) is 36.8 Å². The second-order valence-corrected chi connectivity index (χ2v) is 4.10. The fourth-order valence-electron chi connectivity index (χ4n) is 1.33. The number of carboxylic acid groups (broad SMARTS) is 1. The van der Waals surface area contributed by atoms with E-state index in [0.717, 1.165) is 10.5 Å². The molecule has 15 heavy (non-hydrogen) atoms. The number of phenolic OH excluding ortho intramolecular Hbond substituents is 1. The topological polar surface area (TPSA) is 57.5 Å². The number of thioether (sulfide) groups is 1. The third kappa shape index (κ3) is 3.83. The van der Waals surface area contributed by atoms with Crippen LogP contribution in [0.2, 0.25) is 0 Å². The van der Waals surface area contributed by atoms with Crippen LogP contribution in [0.25, 0.3) is 0 Å². The molecule has 2 N–H and O–H groups in total. The highest BCUT2D eigenvalue weighted by molar-refractivity contribution is 7.98. The summed E-state index contributed by atoms with van der Waals surface area (Å²) < 4.78 is 0. The SMILES string of the molecule is CSc1ccc(CCCC(=O)O)cc1O. The molecule has 0 saturated heterocycles. The van der Waals surface area contributed by atoms with Gasteiger partial charge in [-0.3, -0.25) is 4.79 Å². The number of phenols is 1. The van der Waals surface area contributed by atoms with Crippen LogP contribution in [0.5, 0.6) is 5.75 Å². The molecule has 0 radical (unpaired) electrons. The molecule has 82 valence electrons. The third-order valence-corrected chi connectivity index (χ3v) is 2.88. The lowest BCUT2D eigenvalue weighted by Gasteiger charge is -2.04. The van der Waals surface area contributed by atoms with E-state index >= 15 is 0 Å². The zero-order valence-corrected chi connectivity index (χ0v) is 9.38. The molecular weight excluding hydrogens is 212 g/mol. The van der Waals surface area contributed by atoms with Crippen LogP contribution in [0, 0.1) is 0 Å². The number of hydrogen-bond acceptors (Lipinski definition) is 3. The van der Waals surface area contributed by atoms with Gasteiger partial charge in [0.05, 0.1) is 0 Å². The Kier molecular flexibility index (Phi) is 4.49. The fourth-order valence-corrected chi connectivity index (χ4v) is 1.81. The van der Waals surface area contributed by atoms with Gasteiger partial charge in [0, 0.05) is 11.3 Å². The Labute approximate surface area is 93.1 Å². The number of carbonyl (C=O) groups is 1. The van der Waals surface area contributed by atoms with Crippen LogP contribution in [0.4, 0.5) is 0 Å². The van der Waals surface area contributed by atoms with Gasteiger partial charge in [-0.25, -0.2) is 0 Å². The second-order valence-electron chi connectivity index (χ2n) is 3.25. The number of carboxylic acids is 1. The molecule has 0 fully saturated rings. The maximum absolute atomic E-state index is 10.3. The first-order valence-corrected chi connectivity index (χ1v) is 5.93. The van der Waals surface area contributed by atoms with Gasteiger partial charge in [0.15, 0.2) is 0 Å². The smallest absolute Gasteiger partial charge is 0.303 e. The Hall–Kier alpha value is -1.16. The van der Waals surface area contributed by atoms with Crippen LogP contribution < -0.4 is 0 Å². The van der Waals surface area contributed by atoms with Crippen molar-refractivity contribution in [3.8, 4) is 5.75 Å². The van der Waals surface area contributed by atoms with Gasteiger partial charge in [-0.15, -0.1) is 11.8 Å². The van der Waals surface area contributed by atoms with Crippen molar-refractivity contribution < 1.29 is 15.0 Å². The highest BCUT2D eigenvalue weighted by atomic mass is 32.2. The van der Waals surface area contributed by atoms with Gasteiger partial charge in [-0.2, -0.15) is 0 Å². The van der Waals surface area contributed by atoms with Crippen LogP contribution in [0.1, 0.15) is 18.4 Å². The van der Waals surface area contributed by atoms with E-state index < -0.39 is 5.97 Å². The van der Waals surface area contributed by atoms with Crippen molar-refractivity contribution in [2.75, 3.05) is 6.26 Å². The molecule has 1 aromatic rings. The molecule has 0 aromatic heterocycles. The third-order valence-electron chi connectivity index (χ3n) is 2.10. The first-order chi connectivity index (χ1) is 7.13. The minimum Gasteiger partial charge on any atom is -0.507 e. The number of rotatable bonds is 5. The van der Waals surface area contributed by atoms with Crippen molar-refractivity contribution in [1.82, 2.24) is 0 Å². The van der Waals surface area contributed by atoms with Gasteiger partial charge in [0.1, 0.15) is 5.75 Å².